The van der Waals surface area contributed by atoms with Gasteiger partial charge in [0.05, 0.1) is 31.1 Å². The van der Waals surface area contributed by atoms with Crippen molar-refractivity contribution in [2.24, 2.45) is 0 Å². The summed E-state index contributed by atoms with van der Waals surface area (Å²) in [5.74, 6) is 1.14. The highest BCUT2D eigenvalue weighted by atomic mass is 32.2. The lowest BCUT2D eigenvalue weighted by Gasteiger charge is -2.25. The van der Waals surface area contributed by atoms with Gasteiger partial charge in [0.2, 0.25) is 10.0 Å². The molecule has 1 aliphatic rings. The number of carbonyl (C=O) groups excluding carboxylic acids is 1. The van der Waals surface area contributed by atoms with Crippen molar-refractivity contribution in [1.29, 1.82) is 0 Å². The molecule has 4 aromatic rings. The molecule has 8 nitrogen and oxygen atoms in total. The minimum absolute atomic E-state index is 0.0273. The number of benzene rings is 4. The van der Waals surface area contributed by atoms with Crippen LogP contribution < -0.4 is 14.2 Å². The summed E-state index contributed by atoms with van der Waals surface area (Å²) in [5.41, 5.74) is 5.36. The van der Waals surface area contributed by atoms with Crippen LogP contribution in [0.25, 0.3) is 11.1 Å². The van der Waals surface area contributed by atoms with Crippen molar-refractivity contribution in [1.82, 2.24) is 0 Å². The van der Waals surface area contributed by atoms with E-state index in [4.69, 9.17) is 18.9 Å². The van der Waals surface area contributed by atoms with E-state index in [1.807, 2.05) is 63.2 Å². The van der Waals surface area contributed by atoms with E-state index in [-0.39, 0.29) is 17.2 Å². The van der Waals surface area contributed by atoms with Gasteiger partial charge >= 0.3 is 5.97 Å². The molecule has 0 radical (unpaired) electrons. The molecule has 1 aliphatic heterocycles. The van der Waals surface area contributed by atoms with E-state index in [9.17, 15) is 13.2 Å². The molecule has 0 fully saturated rings. The molecule has 5 rings (SSSR count). The van der Waals surface area contributed by atoms with Gasteiger partial charge in [0.15, 0.2) is 0 Å². The molecule has 0 aromatic heterocycles. The first-order valence-electron chi connectivity index (χ1n) is 14.5. The van der Waals surface area contributed by atoms with Gasteiger partial charge in [0.25, 0.3) is 0 Å². The molecule has 4 aromatic carbocycles. The molecule has 0 bridgehead atoms. The Labute approximate surface area is 259 Å². The Morgan fingerprint density at radius 1 is 0.955 bits per heavy atom. The first-order valence-corrected chi connectivity index (χ1v) is 16.1. The molecule has 0 amide bonds. The predicted molar refractivity (Wildman–Crippen MR) is 171 cm³/mol. The third-order valence-corrected chi connectivity index (χ3v) is 9.39. The number of hydrogen-bond acceptors (Lipinski definition) is 7. The van der Waals surface area contributed by atoms with Crippen LogP contribution in [-0.2, 0) is 25.9 Å². The van der Waals surface area contributed by atoms with Crippen molar-refractivity contribution in [3.63, 3.8) is 0 Å². The van der Waals surface area contributed by atoms with Crippen LogP contribution >= 0.6 is 0 Å². The normalized spacial score (nSPS) is 15.6. The van der Waals surface area contributed by atoms with Crippen LogP contribution in [-0.4, -0.2) is 40.8 Å². The summed E-state index contributed by atoms with van der Waals surface area (Å²) in [6.07, 6.45) is 0.588. The van der Waals surface area contributed by atoms with Gasteiger partial charge in [-0.25, -0.2) is 13.2 Å². The number of aryl methyl sites for hydroxylation is 2. The number of rotatable bonds is 8. The Morgan fingerprint density at radius 3 is 2.48 bits per heavy atom. The number of esters is 1. The first-order chi connectivity index (χ1) is 21.1. The summed E-state index contributed by atoms with van der Waals surface area (Å²) in [5, 5.41) is -1.14. The zero-order valence-corrected chi connectivity index (χ0v) is 26.4. The van der Waals surface area contributed by atoms with Crippen LogP contribution in [0.2, 0.25) is 0 Å². The van der Waals surface area contributed by atoms with Gasteiger partial charge in [-0.15, -0.1) is 0 Å². The molecular formula is C35H37NO7S. The summed E-state index contributed by atoms with van der Waals surface area (Å²) < 4.78 is 53.9. The number of anilines is 1. The molecule has 9 heteroatoms. The van der Waals surface area contributed by atoms with Crippen LogP contribution in [0.5, 0.6) is 17.2 Å². The summed E-state index contributed by atoms with van der Waals surface area (Å²) in [7, 11) is -2.82. The number of methoxy groups -OCH3 is 1. The van der Waals surface area contributed by atoms with E-state index in [1.54, 1.807) is 30.3 Å². The number of carbonyl (C=O) groups is 1. The van der Waals surface area contributed by atoms with Crippen molar-refractivity contribution in [3.05, 3.63) is 107 Å². The van der Waals surface area contributed by atoms with Gasteiger partial charge in [-0.2, -0.15) is 0 Å². The zero-order chi connectivity index (χ0) is 31.4. The first kappa shape index (κ1) is 31.1. The Kier molecular flexibility index (Phi) is 9.27. The van der Waals surface area contributed by atoms with Crippen LogP contribution in [0.3, 0.4) is 0 Å². The summed E-state index contributed by atoms with van der Waals surface area (Å²) in [6, 6.07) is 23.4. The zero-order valence-electron chi connectivity index (χ0n) is 25.5. The number of fused-ring (bicyclic) bond motifs is 1. The maximum absolute atomic E-state index is 14.0. The minimum atomic E-state index is -4.08. The number of ether oxygens (including phenoxy) is 4. The Hall–Kier alpha value is -4.34. The van der Waals surface area contributed by atoms with E-state index >= 15 is 0 Å². The average Bonchev–Trinajstić information content (AvgIpc) is 3.00. The number of nitrogens with one attached hydrogen (secondary N) is 1. The van der Waals surface area contributed by atoms with E-state index < -0.39 is 21.2 Å². The van der Waals surface area contributed by atoms with E-state index in [2.05, 4.69) is 4.72 Å². The number of hydrogen-bond donors (Lipinski definition) is 1. The Morgan fingerprint density at radius 2 is 1.73 bits per heavy atom. The molecule has 0 saturated carbocycles. The van der Waals surface area contributed by atoms with Crippen molar-refractivity contribution in [2.75, 3.05) is 25.0 Å². The topological polar surface area (TPSA) is 100 Å². The van der Waals surface area contributed by atoms with Crippen LogP contribution in [0.1, 0.15) is 51.7 Å². The van der Waals surface area contributed by atoms with Gasteiger partial charge in [-0.3, -0.25) is 4.72 Å². The van der Waals surface area contributed by atoms with Crippen molar-refractivity contribution in [3.8, 4) is 28.4 Å². The minimum Gasteiger partial charge on any atom is -0.490 e. The monoisotopic (exact) mass is 615 g/mol. The fraction of sp³-hybridized carbons (Fsp3) is 0.286. The largest absolute Gasteiger partial charge is 0.490 e. The van der Waals surface area contributed by atoms with Crippen molar-refractivity contribution < 1.29 is 32.2 Å². The summed E-state index contributed by atoms with van der Waals surface area (Å²) >= 11 is 0. The third kappa shape index (κ3) is 6.74. The molecule has 2 atom stereocenters. The van der Waals surface area contributed by atoms with Crippen LogP contribution in [0.4, 0.5) is 5.69 Å². The molecule has 1 heterocycles. The second-order valence-corrected chi connectivity index (χ2v) is 13.0. The molecule has 44 heavy (non-hydrogen) atoms. The molecule has 2 unspecified atom stereocenters. The quantitative estimate of drug-likeness (QED) is 0.206. The SMILES string of the molecule is COC(=O)c1ccc(Oc2ccccc2)cc1C(C)S(=O)(=O)Nc1ccc(C)cc1-c1ccc(C)c2c1CCOC(C)CO2. The molecule has 0 aliphatic carbocycles. The average molecular weight is 616 g/mol. The van der Waals surface area contributed by atoms with E-state index in [0.29, 0.717) is 36.8 Å². The standard InChI is InChI=1S/C35H37NO7S/c1-22-11-16-33(32(19-22)28-14-12-23(2)34-29(28)17-18-41-24(3)21-42-34)36-44(38,39)25(4)31-20-27(13-15-30(31)35(37)40-5)43-26-9-7-6-8-10-26/h6-16,19-20,24-25,36H,17-18,21H2,1-5H3. The van der Waals surface area contributed by atoms with Gasteiger partial charge in [-0.1, -0.05) is 42.0 Å². The smallest absolute Gasteiger partial charge is 0.338 e. The predicted octanol–water partition coefficient (Wildman–Crippen LogP) is 7.39. The molecule has 0 saturated heterocycles. The lowest BCUT2D eigenvalue weighted by Crippen LogP contribution is -2.23. The van der Waals surface area contributed by atoms with E-state index in [0.717, 1.165) is 33.6 Å². The van der Waals surface area contributed by atoms with Gasteiger partial charge < -0.3 is 18.9 Å². The second-order valence-electron chi connectivity index (χ2n) is 11.0. The molecule has 0 spiro atoms. The Bertz CT molecular complexity index is 1770. The van der Waals surface area contributed by atoms with Crippen LogP contribution in [0.15, 0.2) is 78.9 Å². The molecular weight excluding hydrogens is 578 g/mol. The Balaban J connectivity index is 1.54. The van der Waals surface area contributed by atoms with E-state index in [1.165, 1.54) is 20.1 Å². The highest BCUT2D eigenvalue weighted by Gasteiger charge is 2.29. The van der Waals surface area contributed by atoms with Crippen molar-refractivity contribution in [2.45, 2.75) is 45.5 Å². The number of para-hydroxylation sites is 1. The highest BCUT2D eigenvalue weighted by molar-refractivity contribution is 7.92. The lowest BCUT2D eigenvalue weighted by molar-refractivity contribution is 0.0269. The second kappa shape index (κ2) is 13.1. The van der Waals surface area contributed by atoms with Gasteiger partial charge in [-0.05, 0) is 86.8 Å². The maximum Gasteiger partial charge on any atom is 0.338 e. The number of sulfonamides is 1. The fourth-order valence-electron chi connectivity index (χ4n) is 5.30. The molecule has 230 valence electrons. The molecule has 1 N–H and O–H groups in total. The van der Waals surface area contributed by atoms with Crippen LogP contribution in [0, 0.1) is 13.8 Å². The van der Waals surface area contributed by atoms with Gasteiger partial charge in [0.1, 0.15) is 29.1 Å². The van der Waals surface area contributed by atoms with Crippen molar-refractivity contribution >= 4 is 21.7 Å². The third-order valence-electron chi connectivity index (χ3n) is 7.70. The summed E-state index contributed by atoms with van der Waals surface area (Å²) in [4.78, 5) is 12.7. The highest BCUT2D eigenvalue weighted by Crippen LogP contribution is 2.40. The van der Waals surface area contributed by atoms with Gasteiger partial charge in [0, 0.05) is 17.5 Å². The maximum atomic E-state index is 14.0. The lowest BCUT2D eigenvalue weighted by atomic mass is 9.92. The fourth-order valence-corrected chi connectivity index (χ4v) is 6.49. The summed E-state index contributed by atoms with van der Waals surface area (Å²) in [6.45, 7) is 8.44.